The summed E-state index contributed by atoms with van der Waals surface area (Å²) in [4.78, 5) is 49.2. The molecule has 0 bridgehead atoms. The van der Waals surface area contributed by atoms with E-state index in [9.17, 15) is 19.2 Å². The number of esters is 2. The highest BCUT2D eigenvalue weighted by atomic mass is 16.6. The molecule has 5 N–H and O–H groups in total. The molecular formula is C56H66N6O8. The van der Waals surface area contributed by atoms with Gasteiger partial charge in [-0.1, -0.05) is 189 Å². The summed E-state index contributed by atoms with van der Waals surface area (Å²) in [5.74, 6) is -1.22. The topological polar surface area (TPSA) is 169 Å². The van der Waals surface area contributed by atoms with Gasteiger partial charge in [0, 0.05) is 58.9 Å². The Morgan fingerprint density at radius 1 is 0.486 bits per heavy atom. The van der Waals surface area contributed by atoms with Crippen molar-refractivity contribution in [3.05, 3.63) is 228 Å². The summed E-state index contributed by atoms with van der Waals surface area (Å²) in [5, 5.41) is 15.1. The molecule has 14 heteroatoms. The van der Waals surface area contributed by atoms with Crippen LogP contribution in [0.5, 0.6) is 0 Å². The second kappa shape index (κ2) is 33.8. The van der Waals surface area contributed by atoms with Gasteiger partial charge < -0.3 is 40.2 Å². The molecule has 1 unspecified atom stereocenters. The Kier molecular flexibility index (Phi) is 26.5. The molecule has 0 aliphatic heterocycles. The first kappa shape index (κ1) is 55.0. The van der Waals surface area contributed by atoms with Gasteiger partial charge in [0.05, 0.1) is 14.2 Å². The van der Waals surface area contributed by atoms with Gasteiger partial charge >= 0.3 is 24.1 Å². The Labute approximate surface area is 412 Å². The lowest BCUT2D eigenvalue weighted by molar-refractivity contribution is -0.143. The highest BCUT2D eigenvalue weighted by Crippen LogP contribution is 2.08. The van der Waals surface area contributed by atoms with Crippen molar-refractivity contribution in [2.24, 2.45) is 0 Å². The molecule has 0 spiro atoms. The van der Waals surface area contributed by atoms with E-state index in [0.717, 1.165) is 49.4 Å². The number of nitrogens with one attached hydrogen (secondary N) is 5. The Hall–Kier alpha value is -7.62. The van der Waals surface area contributed by atoms with Gasteiger partial charge in [-0.15, -0.1) is 0 Å². The van der Waals surface area contributed by atoms with Crippen LogP contribution in [0.25, 0.3) is 0 Å². The van der Waals surface area contributed by atoms with E-state index in [1.54, 1.807) is 0 Å². The molecule has 0 aliphatic carbocycles. The third-order valence-corrected chi connectivity index (χ3v) is 10.2. The third-order valence-electron chi connectivity index (χ3n) is 10.2. The number of nitrogens with zero attached hydrogens (tertiary/aromatic N) is 1. The van der Waals surface area contributed by atoms with Crippen molar-refractivity contribution in [1.82, 2.24) is 31.5 Å². The summed E-state index contributed by atoms with van der Waals surface area (Å²) < 4.78 is 19.5. The minimum atomic E-state index is -0.860. The minimum absolute atomic E-state index is 0.123. The molecule has 6 aromatic rings. The summed E-state index contributed by atoms with van der Waals surface area (Å²) in [6.45, 7) is 10.5. The number of ether oxygens (including phenoxy) is 4. The smallest absolute Gasteiger partial charge is 0.412 e. The number of alkyl carbamates (subject to hydrolysis) is 2. The molecule has 0 saturated heterocycles. The van der Waals surface area contributed by atoms with E-state index in [1.807, 2.05) is 121 Å². The molecule has 0 aliphatic rings. The average molecular weight is 951 g/mol. The maximum atomic E-state index is 12.5. The van der Waals surface area contributed by atoms with Crippen molar-refractivity contribution in [2.75, 3.05) is 46.9 Å². The first-order chi connectivity index (χ1) is 34.2. The molecule has 0 radical (unpaired) electrons. The van der Waals surface area contributed by atoms with Crippen LogP contribution >= 0.6 is 0 Å². The number of hydrogen-bond donors (Lipinski definition) is 5. The van der Waals surface area contributed by atoms with Crippen LogP contribution in [-0.2, 0) is 67.9 Å². The fraction of sp³-hybridized carbons (Fsp3) is 0.250. The third kappa shape index (κ3) is 23.9. The normalized spacial score (nSPS) is 10.7. The zero-order valence-electron chi connectivity index (χ0n) is 40.1. The van der Waals surface area contributed by atoms with Gasteiger partial charge in [0.1, 0.15) is 25.0 Å². The van der Waals surface area contributed by atoms with Crippen LogP contribution in [0.4, 0.5) is 9.59 Å². The lowest BCUT2D eigenvalue weighted by atomic mass is 10.2. The van der Waals surface area contributed by atoms with Gasteiger partial charge in [0.2, 0.25) is 0 Å². The molecule has 6 rings (SSSR count). The molecule has 0 saturated carbocycles. The van der Waals surface area contributed by atoms with Crippen LogP contribution < -0.4 is 26.6 Å². The molecule has 0 heterocycles. The predicted octanol–water partition coefficient (Wildman–Crippen LogP) is 7.91. The summed E-state index contributed by atoms with van der Waals surface area (Å²) in [6, 6.07) is 58.9. The van der Waals surface area contributed by atoms with Gasteiger partial charge in [-0.25, -0.2) is 19.2 Å². The maximum absolute atomic E-state index is 12.5. The fourth-order valence-corrected chi connectivity index (χ4v) is 6.52. The Morgan fingerprint density at radius 3 is 1.26 bits per heavy atom. The second-order valence-electron chi connectivity index (χ2n) is 15.6. The molecule has 70 heavy (non-hydrogen) atoms. The van der Waals surface area contributed by atoms with E-state index >= 15 is 0 Å². The summed E-state index contributed by atoms with van der Waals surface area (Å²) >= 11 is 0. The first-order valence-corrected chi connectivity index (χ1v) is 23.0. The van der Waals surface area contributed by atoms with E-state index in [2.05, 4.69) is 103 Å². The standard InChI is InChI=1S/C28H33N3O4.C16H20N2.C12H13NO4/c1-34-27(32)26(30-28(33)35-22-25-15-9-4-10-16-25)21-31(20-24-13-7-3-8-14-24)18-17-29-19-23-11-5-2-6-12-23;1-3-7-15(8-4-1)13-17-11-12-18-14-16-9-5-2-6-10-16;1-9(11(14)16-2)13-12(15)17-8-10-6-4-3-5-7-10/h2-16,26,29H,17-22H2,1H3,(H,30,33);1-10,17-18H,11-14H2;3-7H,1,8H2,2H3,(H,13,15). The van der Waals surface area contributed by atoms with Crippen molar-refractivity contribution in [3.8, 4) is 0 Å². The summed E-state index contributed by atoms with van der Waals surface area (Å²) in [5.41, 5.74) is 6.55. The van der Waals surface area contributed by atoms with E-state index in [1.165, 1.54) is 30.9 Å². The predicted molar refractivity (Wildman–Crippen MR) is 273 cm³/mol. The maximum Gasteiger partial charge on any atom is 0.412 e. The second-order valence-corrected chi connectivity index (χ2v) is 15.6. The molecule has 1 atom stereocenters. The van der Waals surface area contributed by atoms with Gasteiger partial charge in [0.15, 0.2) is 0 Å². The highest BCUT2D eigenvalue weighted by molar-refractivity contribution is 5.91. The average Bonchev–Trinajstić information content (AvgIpc) is 3.41. The molecule has 368 valence electrons. The summed E-state index contributed by atoms with van der Waals surface area (Å²) in [7, 11) is 2.51. The highest BCUT2D eigenvalue weighted by Gasteiger charge is 2.25. The van der Waals surface area contributed by atoms with Crippen LogP contribution in [0.3, 0.4) is 0 Å². The number of methoxy groups -OCH3 is 2. The van der Waals surface area contributed by atoms with E-state index in [4.69, 9.17) is 14.2 Å². The number of carbonyl (C=O) groups is 4. The summed E-state index contributed by atoms with van der Waals surface area (Å²) in [6.07, 6.45) is -1.41. The Balaban J connectivity index is 0.000000255. The van der Waals surface area contributed by atoms with Crippen molar-refractivity contribution in [2.45, 2.75) is 45.4 Å². The number of carbonyl (C=O) groups excluding carboxylic acids is 4. The van der Waals surface area contributed by atoms with Crippen molar-refractivity contribution < 1.29 is 38.1 Å². The van der Waals surface area contributed by atoms with Gasteiger partial charge in [-0.3, -0.25) is 10.2 Å². The number of benzene rings is 6. The fourth-order valence-electron chi connectivity index (χ4n) is 6.52. The zero-order valence-corrected chi connectivity index (χ0v) is 40.1. The van der Waals surface area contributed by atoms with E-state index in [-0.39, 0.29) is 25.5 Å². The number of amides is 2. The first-order valence-electron chi connectivity index (χ1n) is 23.0. The van der Waals surface area contributed by atoms with Crippen molar-refractivity contribution in [1.29, 1.82) is 0 Å². The van der Waals surface area contributed by atoms with Gasteiger partial charge in [-0.05, 0) is 33.4 Å². The molecule has 0 aromatic heterocycles. The molecular weight excluding hydrogens is 885 g/mol. The molecule has 2 amide bonds. The van der Waals surface area contributed by atoms with Gasteiger partial charge in [-0.2, -0.15) is 0 Å². The SMILES string of the molecule is C=C(NC(=O)OCc1ccccc1)C(=O)OC.COC(=O)C(CN(CCNCc1ccccc1)Cc1ccccc1)NC(=O)OCc1ccccc1.c1ccc(CNCCNCc2ccccc2)cc1. The lowest BCUT2D eigenvalue weighted by Gasteiger charge is -2.27. The Morgan fingerprint density at radius 2 is 0.857 bits per heavy atom. The van der Waals surface area contributed by atoms with Crippen LogP contribution in [-0.4, -0.2) is 82.0 Å². The molecule has 0 fully saturated rings. The van der Waals surface area contributed by atoms with Crippen LogP contribution in [0.15, 0.2) is 194 Å². The van der Waals surface area contributed by atoms with E-state index in [0.29, 0.717) is 19.6 Å². The largest absolute Gasteiger partial charge is 0.467 e. The van der Waals surface area contributed by atoms with Gasteiger partial charge in [0.25, 0.3) is 0 Å². The zero-order chi connectivity index (χ0) is 49.9. The van der Waals surface area contributed by atoms with E-state index < -0.39 is 30.2 Å². The van der Waals surface area contributed by atoms with Crippen LogP contribution in [0.1, 0.15) is 33.4 Å². The number of rotatable bonds is 24. The minimum Gasteiger partial charge on any atom is -0.467 e. The number of hydrogen-bond acceptors (Lipinski definition) is 12. The molecule has 14 nitrogen and oxygen atoms in total. The van der Waals surface area contributed by atoms with Crippen LogP contribution in [0.2, 0.25) is 0 Å². The van der Waals surface area contributed by atoms with Crippen molar-refractivity contribution in [3.63, 3.8) is 0 Å². The molecule has 6 aromatic carbocycles. The van der Waals surface area contributed by atoms with Crippen LogP contribution in [0, 0.1) is 0 Å². The monoisotopic (exact) mass is 950 g/mol. The lowest BCUT2D eigenvalue weighted by Crippen LogP contribution is -2.50. The quantitative estimate of drug-likeness (QED) is 0.0172. The Bertz CT molecular complexity index is 2320. The van der Waals surface area contributed by atoms with Crippen molar-refractivity contribution >= 4 is 24.1 Å².